The van der Waals surface area contributed by atoms with Gasteiger partial charge in [-0.15, -0.1) is 0 Å². The van der Waals surface area contributed by atoms with E-state index in [0.717, 1.165) is 4.31 Å². The van der Waals surface area contributed by atoms with Crippen LogP contribution in [0.3, 0.4) is 0 Å². The van der Waals surface area contributed by atoms with Gasteiger partial charge in [0.1, 0.15) is 10.5 Å². The van der Waals surface area contributed by atoms with Crippen LogP contribution in [-0.4, -0.2) is 69.0 Å². The zero-order valence-corrected chi connectivity index (χ0v) is 17.5. The molecule has 0 atom stereocenters. The summed E-state index contributed by atoms with van der Waals surface area (Å²) in [6, 6.07) is 3.07. The Bertz CT molecular complexity index is 935. The van der Waals surface area contributed by atoms with Crippen LogP contribution in [0, 0.1) is 0 Å². The lowest BCUT2D eigenvalue weighted by Crippen LogP contribution is -2.34. The predicted octanol–water partition coefficient (Wildman–Crippen LogP) is 1.37. The highest BCUT2D eigenvalue weighted by Crippen LogP contribution is 2.29. The standard InChI is InChI=1S/C16H25N5O6S/c1-16(2,3)26-15(22)19-25-10-9-21(6)11-7-8-12(28(23,24)20(4)5)14-13(11)17-27-18-14/h7-8H,9-10H2,1-6H3,(H,19,22). The Kier molecular flexibility index (Phi) is 6.47. The molecule has 0 bridgehead atoms. The molecule has 0 radical (unpaired) electrons. The van der Waals surface area contributed by atoms with E-state index < -0.39 is 21.7 Å². The highest BCUT2D eigenvalue weighted by molar-refractivity contribution is 7.89. The minimum atomic E-state index is -3.70. The molecule has 0 spiro atoms. The molecule has 1 aromatic heterocycles. The van der Waals surface area contributed by atoms with E-state index in [-0.39, 0.29) is 17.0 Å². The number of benzene rings is 1. The molecule has 12 heteroatoms. The van der Waals surface area contributed by atoms with Gasteiger partial charge in [-0.1, -0.05) is 0 Å². The Hall–Kier alpha value is -2.44. The van der Waals surface area contributed by atoms with E-state index in [9.17, 15) is 13.2 Å². The first-order chi connectivity index (χ1) is 12.9. The van der Waals surface area contributed by atoms with E-state index in [4.69, 9.17) is 14.2 Å². The Morgan fingerprint density at radius 2 is 1.82 bits per heavy atom. The molecule has 0 fully saturated rings. The zero-order chi connectivity index (χ0) is 21.1. The summed E-state index contributed by atoms with van der Waals surface area (Å²) in [6.07, 6.45) is -0.684. The number of hydroxylamine groups is 1. The Morgan fingerprint density at radius 1 is 1.18 bits per heavy atom. The van der Waals surface area contributed by atoms with Crippen molar-refractivity contribution in [3.05, 3.63) is 12.1 Å². The summed E-state index contributed by atoms with van der Waals surface area (Å²) >= 11 is 0. The topological polar surface area (TPSA) is 127 Å². The summed E-state index contributed by atoms with van der Waals surface area (Å²) in [5.74, 6) is 0. The van der Waals surface area contributed by atoms with Gasteiger partial charge in [0.25, 0.3) is 0 Å². The van der Waals surface area contributed by atoms with Crippen LogP contribution in [-0.2, 0) is 19.6 Å². The molecule has 1 N–H and O–H groups in total. The number of carbonyl (C=O) groups is 1. The van der Waals surface area contributed by atoms with Crippen molar-refractivity contribution in [1.29, 1.82) is 0 Å². The normalized spacial score (nSPS) is 12.4. The molecule has 156 valence electrons. The quantitative estimate of drug-likeness (QED) is 0.527. The van der Waals surface area contributed by atoms with E-state index in [1.165, 1.54) is 20.2 Å². The van der Waals surface area contributed by atoms with E-state index in [1.54, 1.807) is 38.8 Å². The van der Waals surface area contributed by atoms with Gasteiger partial charge >= 0.3 is 6.09 Å². The van der Waals surface area contributed by atoms with E-state index >= 15 is 0 Å². The number of aromatic nitrogens is 2. The van der Waals surface area contributed by atoms with Gasteiger partial charge in [-0.05, 0) is 43.2 Å². The van der Waals surface area contributed by atoms with Gasteiger partial charge in [0.15, 0.2) is 11.0 Å². The minimum Gasteiger partial charge on any atom is -0.442 e. The molecule has 1 amide bonds. The molecule has 1 heterocycles. The molecule has 2 aromatic rings. The number of nitrogens with one attached hydrogen (secondary N) is 1. The number of hydrogen-bond donors (Lipinski definition) is 1. The lowest BCUT2D eigenvalue weighted by atomic mass is 10.2. The molecular weight excluding hydrogens is 390 g/mol. The molecule has 1 aromatic carbocycles. The van der Waals surface area contributed by atoms with Crippen LogP contribution < -0.4 is 10.4 Å². The van der Waals surface area contributed by atoms with Crippen molar-refractivity contribution in [3.63, 3.8) is 0 Å². The molecule has 2 rings (SSSR count). The van der Waals surface area contributed by atoms with Crippen molar-refractivity contribution < 1.29 is 27.4 Å². The fourth-order valence-electron chi connectivity index (χ4n) is 2.26. The van der Waals surface area contributed by atoms with E-state index in [1.807, 2.05) is 0 Å². The first kappa shape index (κ1) is 21.9. The number of sulfonamides is 1. The number of anilines is 1. The number of fused-ring (bicyclic) bond motifs is 1. The Morgan fingerprint density at radius 3 is 2.43 bits per heavy atom. The summed E-state index contributed by atoms with van der Waals surface area (Å²) < 4.78 is 35.8. The Balaban J connectivity index is 2.06. The second-order valence-corrected chi connectivity index (χ2v) is 9.33. The van der Waals surface area contributed by atoms with Crippen molar-refractivity contribution in [2.24, 2.45) is 0 Å². The first-order valence-corrected chi connectivity index (χ1v) is 9.87. The number of hydrogen-bond acceptors (Lipinski definition) is 9. The fraction of sp³-hybridized carbons (Fsp3) is 0.562. The van der Waals surface area contributed by atoms with Crippen LogP contribution >= 0.6 is 0 Å². The molecule has 0 saturated heterocycles. The van der Waals surface area contributed by atoms with Gasteiger partial charge in [0, 0.05) is 27.7 Å². The molecule has 0 saturated carbocycles. The predicted molar refractivity (Wildman–Crippen MR) is 101 cm³/mol. The number of amides is 1. The molecule has 0 aliphatic rings. The largest absolute Gasteiger partial charge is 0.442 e. The second-order valence-electron chi connectivity index (χ2n) is 7.21. The van der Waals surface area contributed by atoms with Crippen LogP contribution in [0.2, 0.25) is 0 Å². The Labute approximate surface area is 163 Å². The van der Waals surface area contributed by atoms with Crippen LogP contribution in [0.15, 0.2) is 21.7 Å². The third kappa shape index (κ3) is 5.09. The number of nitrogens with zero attached hydrogens (tertiary/aromatic N) is 4. The van der Waals surface area contributed by atoms with Crippen LogP contribution in [0.4, 0.5) is 10.5 Å². The van der Waals surface area contributed by atoms with Gasteiger partial charge in [-0.2, -0.15) is 5.48 Å². The molecule has 0 aliphatic heterocycles. The molecule has 28 heavy (non-hydrogen) atoms. The summed E-state index contributed by atoms with van der Waals surface area (Å²) in [5.41, 5.74) is 2.64. The van der Waals surface area contributed by atoms with Crippen LogP contribution in [0.25, 0.3) is 11.0 Å². The van der Waals surface area contributed by atoms with Crippen molar-refractivity contribution in [3.8, 4) is 0 Å². The number of likely N-dealkylation sites (N-methyl/N-ethyl adjacent to an activating group) is 1. The summed E-state index contributed by atoms with van der Waals surface area (Å²) in [6.45, 7) is 5.77. The number of rotatable bonds is 7. The maximum atomic E-state index is 12.4. The average molecular weight is 415 g/mol. The van der Waals surface area contributed by atoms with Gasteiger partial charge in [-0.3, -0.25) is 4.84 Å². The summed E-state index contributed by atoms with van der Waals surface area (Å²) in [7, 11) is 0.938. The third-order valence-electron chi connectivity index (χ3n) is 3.61. The molecular formula is C16H25N5O6S. The second kappa shape index (κ2) is 8.29. The van der Waals surface area contributed by atoms with Crippen LogP contribution in [0.5, 0.6) is 0 Å². The minimum absolute atomic E-state index is 0.00809. The lowest BCUT2D eigenvalue weighted by Gasteiger charge is -2.21. The molecule has 0 unspecified atom stereocenters. The molecule has 11 nitrogen and oxygen atoms in total. The van der Waals surface area contributed by atoms with Gasteiger partial charge in [0.2, 0.25) is 10.0 Å². The van der Waals surface area contributed by atoms with Crippen molar-refractivity contribution in [2.45, 2.75) is 31.3 Å². The average Bonchev–Trinajstić information content (AvgIpc) is 3.05. The number of ether oxygens (including phenoxy) is 1. The lowest BCUT2D eigenvalue weighted by molar-refractivity contribution is -0.00562. The smallest absolute Gasteiger partial charge is 0.431 e. The van der Waals surface area contributed by atoms with Crippen molar-refractivity contribution in [2.75, 3.05) is 39.2 Å². The SMILES string of the molecule is CN(CCONC(=O)OC(C)(C)C)c1ccc(S(=O)(=O)N(C)C)c2nonc12. The molecule has 0 aliphatic carbocycles. The first-order valence-electron chi connectivity index (χ1n) is 8.43. The van der Waals surface area contributed by atoms with Gasteiger partial charge in [-0.25, -0.2) is 22.1 Å². The maximum Gasteiger partial charge on any atom is 0.431 e. The summed E-state index contributed by atoms with van der Waals surface area (Å²) in [4.78, 5) is 18.4. The van der Waals surface area contributed by atoms with E-state index in [2.05, 4.69) is 15.8 Å². The van der Waals surface area contributed by atoms with Crippen molar-refractivity contribution in [1.82, 2.24) is 20.1 Å². The van der Waals surface area contributed by atoms with Crippen LogP contribution in [0.1, 0.15) is 20.8 Å². The fourth-order valence-corrected chi connectivity index (χ4v) is 3.27. The zero-order valence-electron chi connectivity index (χ0n) is 16.7. The van der Waals surface area contributed by atoms with Gasteiger partial charge < -0.3 is 9.64 Å². The maximum absolute atomic E-state index is 12.4. The van der Waals surface area contributed by atoms with Crippen molar-refractivity contribution >= 4 is 32.8 Å². The monoisotopic (exact) mass is 415 g/mol. The third-order valence-corrected chi connectivity index (χ3v) is 5.46. The highest BCUT2D eigenvalue weighted by Gasteiger charge is 2.25. The number of carbonyl (C=O) groups excluding carboxylic acids is 1. The summed E-state index contributed by atoms with van der Waals surface area (Å²) in [5, 5.41) is 7.57. The van der Waals surface area contributed by atoms with E-state index in [0.29, 0.717) is 17.7 Å². The van der Waals surface area contributed by atoms with Gasteiger partial charge in [0.05, 0.1) is 12.3 Å². The highest BCUT2D eigenvalue weighted by atomic mass is 32.2.